The molecule has 0 bridgehead atoms. The maximum atomic E-state index is 12.4. The topological polar surface area (TPSA) is 21.3 Å². The highest BCUT2D eigenvalue weighted by Gasteiger charge is 1.92. The highest BCUT2D eigenvalue weighted by Crippen LogP contribution is 2.10. The van der Waals surface area contributed by atoms with Crippen LogP contribution in [0, 0.1) is 5.82 Å². The van der Waals surface area contributed by atoms with Crippen molar-refractivity contribution in [2.45, 2.75) is 13.8 Å². The van der Waals surface area contributed by atoms with E-state index in [0.717, 1.165) is 6.54 Å². The second-order valence-electron chi connectivity index (χ2n) is 2.41. The van der Waals surface area contributed by atoms with E-state index in [4.69, 9.17) is 4.74 Å². The van der Waals surface area contributed by atoms with Gasteiger partial charge >= 0.3 is 0 Å². The molecule has 80 valence electrons. The number of benzene rings is 1. The molecule has 0 fully saturated rings. The fraction of sp³-hybridized carbons (Fsp3) is 0.455. The van der Waals surface area contributed by atoms with E-state index in [0.29, 0.717) is 12.4 Å². The van der Waals surface area contributed by atoms with Crippen molar-refractivity contribution in [3.05, 3.63) is 30.1 Å². The predicted octanol–water partition coefficient (Wildman–Crippen LogP) is 2.45. The summed E-state index contributed by atoms with van der Waals surface area (Å²) >= 11 is 0. The number of rotatable bonds is 4. The van der Waals surface area contributed by atoms with E-state index in [-0.39, 0.29) is 5.82 Å². The Bertz CT molecular complexity index is 223. The number of hydrogen-bond donors (Lipinski definition) is 1. The van der Waals surface area contributed by atoms with Gasteiger partial charge in [-0.15, -0.1) is 0 Å². The molecule has 1 aromatic carbocycles. The zero-order valence-corrected chi connectivity index (χ0v) is 9.01. The highest BCUT2D eigenvalue weighted by molar-refractivity contribution is 5.21. The number of halogens is 1. The maximum Gasteiger partial charge on any atom is 0.123 e. The van der Waals surface area contributed by atoms with Crippen molar-refractivity contribution in [2.24, 2.45) is 0 Å². The van der Waals surface area contributed by atoms with Crippen LogP contribution in [0.25, 0.3) is 0 Å². The third-order valence-electron chi connectivity index (χ3n) is 1.43. The molecule has 0 aliphatic rings. The Morgan fingerprint density at radius 1 is 1.21 bits per heavy atom. The molecule has 0 saturated carbocycles. The minimum absolute atomic E-state index is 0.240. The van der Waals surface area contributed by atoms with Crippen molar-refractivity contribution in [1.29, 1.82) is 0 Å². The van der Waals surface area contributed by atoms with Gasteiger partial charge in [-0.1, -0.05) is 13.8 Å². The zero-order chi connectivity index (χ0) is 10.8. The van der Waals surface area contributed by atoms with E-state index in [1.807, 2.05) is 20.9 Å². The first-order valence-corrected chi connectivity index (χ1v) is 4.86. The molecule has 0 spiro atoms. The Hall–Kier alpha value is -1.09. The first-order valence-electron chi connectivity index (χ1n) is 4.86. The maximum absolute atomic E-state index is 12.4. The van der Waals surface area contributed by atoms with Gasteiger partial charge in [-0.2, -0.15) is 0 Å². The van der Waals surface area contributed by atoms with Gasteiger partial charge in [0.15, 0.2) is 0 Å². The molecule has 2 nitrogen and oxygen atoms in total. The van der Waals surface area contributed by atoms with Gasteiger partial charge in [-0.3, -0.25) is 0 Å². The van der Waals surface area contributed by atoms with Crippen LogP contribution in [0.5, 0.6) is 5.75 Å². The molecule has 1 rings (SSSR count). The molecule has 1 aromatic rings. The zero-order valence-electron chi connectivity index (χ0n) is 9.01. The lowest BCUT2D eigenvalue weighted by molar-refractivity contribution is 0.318. The van der Waals surface area contributed by atoms with Crippen LogP contribution in [-0.4, -0.2) is 20.2 Å². The number of likely N-dealkylation sites (N-methyl/N-ethyl adjacent to an activating group) is 1. The average molecular weight is 199 g/mol. The van der Waals surface area contributed by atoms with E-state index in [1.54, 1.807) is 12.1 Å². The van der Waals surface area contributed by atoms with Crippen molar-refractivity contribution >= 4 is 0 Å². The van der Waals surface area contributed by atoms with E-state index in [9.17, 15) is 4.39 Å². The quantitative estimate of drug-likeness (QED) is 0.752. The Morgan fingerprint density at radius 3 is 2.29 bits per heavy atom. The third-order valence-corrected chi connectivity index (χ3v) is 1.43. The molecule has 1 N–H and O–H groups in total. The lowest BCUT2D eigenvalue weighted by atomic mass is 10.3. The van der Waals surface area contributed by atoms with Crippen LogP contribution in [0.2, 0.25) is 0 Å². The van der Waals surface area contributed by atoms with Crippen molar-refractivity contribution < 1.29 is 9.13 Å². The average Bonchev–Trinajstić information content (AvgIpc) is 2.24. The summed E-state index contributed by atoms with van der Waals surface area (Å²) in [6.45, 7) is 5.39. The van der Waals surface area contributed by atoms with Crippen LogP contribution in [0.3, 0.4) is 0 Å². The van der Waals surface area contributed by atoms with E-state index >= 15 is 0 Å². The summed E-state index contributed by atoms with van der Waals surface area (Å²) in [5, 5.41) is 2.95. The van der Waals surface area contributed by atoms with Crippen molar-refractivity contribution in [2.75, 3.05) is 20.2 Å². The first kappa shape index (κ1) is 12.9. The second-order valence-corrected chi connectivity index (χ2v) is 2.41. The largest absolute Gasteiger partial charge is 0.492 e. The van der Waals surface area contributed by atoms with Gasteiger partial charge in [-0.05, 0) is 31.3 Å². The van der Waals surface area contributed by atoms with E-state index in [1.165, 1.54) is 12.1 Å². The number of ether oxygens (including phenoxy) is 1. The standard InChI is InChI=1S/C9H12FNO.C2H6/c1-11-6-7-12-9-4-2-8(10)3-5-9;1-2/h2-5,11H,6-7H2,1H3;1-2H3. The van der Waals surface area contributed by atoms with Gasteiger partial charge in [0.2, 0.25) is 0 Å². The molecule has 14 heavy (non-hydrogen) atoms. The molecule has 0 aliphatic carbocycles. The minimum Gasteiger partial charge on any atom is -0.492 e. The number of hydrogen-bond acceptors (Lipinski definition) is 2. The van der Waals surface area contributed by atoms with Crippen LogP contribution in [-0.2, 0) is 0 Å². The Labute approximate surface area is 85.1 Å². The highest BCUT2D eigenvalue weighted by atomic mass is 19.1. The van der Waals surface area contributed by atoms with Crippen molar-refractivity contribution in [3.63, 3.8) is 0 Å². The van der Waals surface area contributed by atoms with Gasteiger partial charge in [0.05, 0.1) is 0 Å². The minimum atomic E-state index is -0.240. The normalized spacial score (nSPS) is 8.86. The Morgan fingerprint density at radius 2 is 1.79 bits per heavy atom. The smallest absolute Gasteiger partial charge is 0.123 e. The van der Waals surface area contributed by atoms with Gasteiger partial charge in [0.1, 0.15) is 18.2 Å². The van der Waals surface area contributed by atoms with Crippen molar-refractivity contribution in [1.82, 2.24) is 5.32 Å². The van der Waals surface area contributed by atoms with Crippen LogP contribution in [0.1, 0.15) is 13.8 Å². The predicted molar refractivity (Wildman–Crippen MR) is 57.2 cm³/mol. The summed E-state index contributed by atoms with van der Waals surface area (Å²) in [5.41, 5.74) is 0. The van der Waals surface area contributed by atoms with Crippen LogP contribution in [0.4, 0.5) is 4.39 Å². The lowest BCUT2D eigenvalue weighted by Gasteiger charge is -2.04. The van der Waals surface area contributed by atoms with Gasteiger partial charge in [-0.25, -0.2) is 4.39 Å². The second kappa shape index (κ2) is 8.51. The SMILES string of the molecule is CC.CNCCOc1ccc(F)cc1. The molecule has 0 saturated heterocycles. The molecular formula is C11H18FNO. The lowest BCUT2D eigenvalue weighted by Crippen LogP contribution is -2.15. The summed E-state index contributed by atoms with van der Waals surface area (Å²) in [7, 11) is 1.86. The molecule has 0 aromatic heterocycles. The molecule has 0 radical (unpaired) electrons. The van der Waals surface area contributed by atoms with Crippen LogP contribution < -0.4 is 10.1 Å². The van der Waals surface area contributed by atoms with Gasteiger partial charge < -0.3 is 10.1 Å². The number of nitrogens with one attached hydrogen (secondary N) is 1. The van der Waals surface area contributed by atoms with Crippen molar-refractivity contribution in [3.8, 4) is 5.75 Å². The Kier molecular flexibility index (Phi) is 7.84. The third kappa shape index (κ3) is 5.54. The van der Waals surface area contributed by atoms with Crippen LogP contribution in [0.15, 0.2) is 24.3 Å². The van der Waals surface area contributed by atoms with Gasteiger partial charge in [0, 0.05) is 6.54 Å². The first-order chi connectivity index (χ1) is 6.83. The summed E-state index contributed by atoms with van der Waals surface area (Å²) in [5.74, 6) is 0.461. The summed E-state index contributed by atoms with van der Waals surface area (Å²) in [6, 6.07) is 6.00. The summed E-state index contributed by atoms with van der Waals surface area (Å²) < 4.78 is 17.7. The molecular weight excluding hydrogens is 181 g/mol. The molecule has 0 aliphatic heterocycles. The fourth-order valence-electron chi connectivity index (χ4n) is 0.802. The Balaban J connectivity index is 0.000000791. The van der Waals surface area contributed by atoms with Crippen LogP contribution >= 0.6 is 0 Å². The van der Waals surface area contributed by atoms with E-state index < -0.39 is 0 Å². The monoisotopic (exact) mass is 199 g/mol. The molecule has 3 heteroatoms. The molecule has 0 amide bonds. The molecule has 0 unspecified atom stereocenters. The molecule has 0 atom stereocenters. The molecule has 0 heterocycles. The van der Waals surface area contributed by atoms with Gasteiger partial charge in [0.25, 0.3) is 0 Å². The summed E-state index contributed by atoms with van der Waals surface area (Å²) in [6.07, 6.45) is 0. The fourth-order valence-corrected chi connectivity index (χ4v) is 0.802. The summed E-state index contributed by atoms with van der Waals surface area (Å²) in [4.78, 5) is 0. The van der Waals surface area contributed by atoms with E-state index in [2.05, 4.69) is 5.32 Å².